The Balaban J connectivity index is 0.000000255. The zero-order chi connectivity index (χ0) is 92.3. The third kappa shape index (κ3) is 23.3. The lowest BCUT2D eigenvalue weighted by molar-refractivity contribution is -0.367. The summed E-state index contributed by atoms with van der Waals surface area (Å²) >= 11 is 2.93. The van der Waals surface area contributed by atoms with Gasteiger partial charge in [-0.2, -0.15) is 43.9 Å². The van der Waals surface area contributed by atoms with Crippen LogP contribution in [0.1, 0.15) is 201 Å². The molecule has 7 aliphatic rings. The van der Waals surface area contributed by atoms with Gasteiger partial charge in [-0.25, -0.2) is 19.6 Å². The van der Waals surface area contributed by atoms with Crippen molar-refractivity contribution in [2.45, 2.75) is 276 Å². The molecule has 36 heteroatoms. The number of ketones is 1. The number of carboxylic acid groups (broad SMARTS) is 2. The second kappa shape index (κ2) is 43.5. The lowest BCUT2D eigenvalue weighted by Gasteiger charge is -2.54. The zero-order valence-electron chi connectivity index (χ0n) is 75.5. The monoisotopic (exact) mass is 1830 g/mol. The molecular weight excluding hydrogens is 1700 g/mol. The predicted molar refractivity (Wildman–Crippen MR) is 489 cm³/mol. The van der Waals surface area contributed by atoms with Crippen molar-refractivity contribution in [3.05, 3.63) is 106 Å². The third-order valence-electron chi connectivity index (χ3n) is 27.4. The summed E-state index contributed by atoms with van der Waals surface area (Å²) in [5, 5.41) is 66.0. The number of nitrogens with zero attached hydrogens (tertiary/aromatic N) is 6. The van der Waals surface area contributed by atoms with Gasteiger partial charge in [0.1, 0.15) is 29.3 Å². The van der Waals surface area contributed by atoms with Gasteiger partial charge in [-0.3, -0.25) is 38.5 Å². The Labute approximate surface area is 762 Å². The predicted octanol–water partition coefficient (Wildman–Crippen LogP) is 10.2. The first-order valence-corrected chi connectivity index (χ1v) is 47.5. The Morgan fingerprint density at radius 2 is 1.46 bits per heavy atom. The lowest BCUT2D eigenvalue weighted by Crippen LogP contribution is -2.62. The van der Waals surface area contributed by atoms with Crippen molar-refractivity contribution in [2.75, 3.05) is 66.8 Å². The number of aromatic amines is 2. The van der Waals surface area contributed by atoms with E-state index in [2.05, 4.69) is 124 Å². The van der Waals surface area contributed by atoms with E-state index < -0.39 is 94.0 Å². The molecule has 0 aliphatic carbocycles. The summed E-state index contributed by atoms with van der Waals surface area (Å²) in [6.07, 6.45) is 10.6. The molecule has 6 fully saturated rings. The number of nitrogen functional groups attached to an aromatic ring is 1. The molecule has 6 saturated heterocycles. The number of aliphatic carboxylic acids is 2. The van der Waals surface area contributed by atoms with Crippen molar-refractivity contribution in [3.63, 3.8) is 0 Å². The number of H-pyrrole nitrogens is 2. The molecule has 13 rings (SSSR count). The van der Waals surface area contributed by atoms with Crippen molar-refractivity contribution in [1.29, 1.82) is 0 Å². The summed E-state index contributed by atoms with van der Waals surface area (Å²) in [4.78, 5) is 133. The van der Waals surface area contributed by atoms with Gasteiger partial charge < -0.3 is 90.8 Å². The fourth-order valence-corrected chi connectivity index (χ4v) is 20.9. The van der Waals surface area contributed by atoms with Crippen LogP contribution >= 0.6 is 23.5 Å². The first-order chi connectivity index (χ1) is 60.9. The van der Waals surface area contributed by atoms with Crippen molar-refractivity contribution < 1.29 is 91.9 Å². The molecule has 3 unspecified atom stereocenters. The minimum atomic E-state index is -1.55. The van der Waals surface area contributed by atoms with E-state index in [1.54, 1.807) is 35.1 Å². The molecule has 3 aromatic carbocycles. The first-order valence-electron chi connectivity index (χ1n) is 44.7. The molecule has 0 bridgehead atoms. The van der Waals surface area contributed by atoms with Crippen molar-refractivity contribution in [2.24, 2.45) is 47.3 Å². The molecule has 5 amide bonds. The first kappa shape index (κ1) is 100. The molecule has 22 atom stereocenters. The van der Waals surface area contributed by atoms with Gasteiger partial charge in [0.15, 0.2) is 22.7 Å². The normalized spacial score (nSPS) is 29.7. The number of thioether (sulfide) groups is 2. The summed E-state index contributed by atoms with van der Waals surface area (Å²) in [5.74, 6) is -7.40. The molecule has 706 valence electrons. The van der Waals surface area contributed by atoms with Gasteiger partial charge in [0.25, 0.3) is 11.5 Å². The van der Waals surface area contributed by atoms with E-state index in [9.17, 15) is 63.6 Å². The highest BCUT2D eigenvalue weighted by molar-refractivity contribution is 7.98. The van der Waals surface area contributed by atoms with Crippen molar-refractivity contribution >= 4 is 99.3 Å². The van der Waals surface area contributed by atoms with Crippen LogP contribution in [0.3, 0.4) is 0 Å². The number of carbonyl (C=O) groups excluding carboxylic acids is 6. The Morgan fingerprint density at radius 3 is 2.16 bits per heavy atom. The maximum absolute atomic E-state index is 13.8. The van der Waals surface area contributed by atoms with Gasteiger partial charge in [-0.15, -0.1) is 0 Å². The highest BCUT2D eigenvalue weighted by atomic mass is 32.2. The maximum Gasteiger partial charge on any atom is 0.327 e. The van der Waals surface area contributed by atoms with E-state index in [4.69, 9.17) is 38.9 Å². The maximum atomic E-state index is 13.8. The number of carboxylic acids is 2. The number of fused-ring (bicyclic) bond motifs is 6. The van der Waals surface area contributed by atoms with Crippen LogP contribution in [-0.4, -0.2) is 237 Å². The van der Waals surface area contributed by atoms with Crippen LogP contribution in [-0.2, 0) is 79.8 Å². The number of aromatic nitrogens is 7. The number of amides is 5. The van der Waals surface area contributed by atoms with E-state index in [-0.39, 0.29) is 190 Å². The van der Waals surface area contributed by atoms with Gasteiger partial charge in [0, 0.05) is 116 Å². The number of Topliss-reactive ketones (excluding diaryl/α,β-unsaturated/α-hetero) is 1. The van der Waals surface area contributed by atoms with E-state index >= 15 is 0 Å². The summed E-state index contributed by atoms with van der Waals surface area (Å²) < 4.78 is 48.0. The van der Waals surface area contributed by atoms with Crippen molar-refractivity contribution in [1.82, 2.24) is 56.6 Å². The van der Waals surface area contributed by atoms with Crippen molar-refractivity contribution in [3.8, 4) is 22.5 Å². The van der Waals surface area contributed by atoms with E-state index in [0.29, 0.717) is 46.5 Å². The number of aliphatic hydroxyl groups excluding tert-OH is 1. The highest BCUT2D eigenvalue weighted by Crippen LogP contribution is 2.59. The summed E-state index contributed by atoms with van der Waals surface area (Å²) in [6.45, 7) is 22.3. The number of methoxy groups -OCH3 is 1. The largest absolute Gasteiger partial charge is 0.480 e. The quantitative estimate of drug-likeness (QED) is 0.0165. The Kier molecular flexibility index (Phi) is 33.9. The molecule has 6 aromatic rings. The summed E-state index contributed by atoms with van der Waals surface area (Å²) in [7, 11) is 1.81. The fourth-order valence-electron chi connectivity index (χ4n) is 20.0. The average Bonchev–Trinajstić information content (AvgIpc) is 1.55. The molecule has 129 heavy (non-hydrogen) atoms. The Bertz CT molecular complexity index is 4970. The number of anilines is 3. The molecular formula is C93H132N14O20S2. The Hall–Kier alpha value is -9.08. The fraction of sp³-hybridized carbons (Fsp3) is 0.634. The number of nitrogens with one attached hydrogen (secondary N) is 7. The summed E-state index contributed by atoms with van der Waals surface area (Å²) in [6, 6.07) is 18.3. The van der Waals surface area contributed by atoms with Crippen LogP contribution in [0, 0.1) is 47.3 Å². The second-order valence-corrected chi connectivity index (χ2v) is 38.7. The van der Waals surface area contributed by atoms with Crippen LogP contribution in [0.25, 0.3) is 33.7 Å². The minimum absolute atomic E-state index is 0. The Morgan fingerprint density at radius 1 is 0.744 bits per heavy atom. The van der Waals surface area contributed by atoms with Gasteiger partial charge in [0.2, 0.25) is 29.6 Å². The number of rotatable bonds is 35. The van der Waals surface area contributed by atoms with Gasteiger partial charge >= 0.3 is 11.9 Å². The standard InChI is InChI=1S/C48H51N13O10S.C44H77NO10S.CH4/c1-72-25-35(47(70)71)55-44(66)27(8-6-20-50-37(63)18-19-38(64)61-24-28-7-2-3-9-32(28)39-40(59-60-58-39)33-10-4-5-11-36(33)61)21-31(62)16-17-34(46(68)69)54-43(65)26-12-14-29(15-13-26)51-22-30-23-52-42-41(53-30)45(67)57-48(49)56-42;1-25-13-14-32(50-36(25)30(6)39(47)45-17-18-56-12)21-33-23-41(9,49-11)31(7)44(52-33)29(5)22-42(10,55-44)35-15-16-40(8,53-35)38-27(3)20-34(51-38)37-26(2)19-28(4)43(48,24-46)54-37;/h2-5,7,9-15,23,27,34-35,51H,6,8,16-22,24-25H2,1H3,(H,50,63)(H,54,65)(H,55,66)(H,68,69)(H,70,71)(H,58,59,60)(H3,49,52,56,57,67);25-38,46,48H,13-24H2,1-12H3,(H,45,47);1H4/t27?,34-,35-;25-,26-,27-,28+,29+,30+,31+,32+,33+,34+,35?,36?,37+,38+,40-,41+,42+,43-,44+;/m00./s1. The SMILES string of the molecule is C.CO[C@]1(C)C[C@@H](C[C@H]2CC[C@H](C)C([C@@H](C)C(=O)NCCSC)O2)O[C@]2(O[C@@](C)(C3CC[C@@](C)([C@@H]4O[C@@H]([C@@H]5O[C@@](O)(CO)[C@H](C)C[C@@H]5C)C[C@@H]4C)O3)C[C@H]2C)[C@@H]1C.CSC[C@H](NC(=O)C(CCCNC(=O)CCC(=O)N1Cc2ccccc2-c2n[nH]nc2-c2ccccc21)CC(=O)CC[C@H](NC(=O)c1ccc(NCc2cnc3nc(N)[nH]c(=O)c3n2)cc1)C(=O)O)C(=O)O. The van der Waals surface area contributed by atoms with E-state index in [0.717, 1.165) is 74.7 Å². The lowest BCUT2D eigenvalue weighted by atomic mass is 9.72. The van der Waals surface area contributed by atoms with Crippen LogP contribution < -0.4 is 42.8 Å². The molecule has 7 aliphatic heterocycles. The van der Waals surface area contributed by atoms with Gasteiger partial charge in [0.05, 0.1) is 103 Å². The topological polar surface area (TPSA) is 485 Å². The summed E-state index contributed by atoms with van der Waals surface area (Å²) in [5.41, 5.74) is 8.92. The zero-order valence-corrected chi connectivity index (χ0v) is 77.1. The number of para-hydroxylation sites is 1. The molecule has 0 saturated carbocycles. The number of ether oxygens (including phenoxy) is 7. The van der Waals surface area contributed by atoms with Crippen LogP contribution in [0.5, 0.6) is 0 Å². The number of hydrogen-bond donors (Lipinski definition) is 12. The smallest absolute Gasteiger partial charge is 0.327 e. The number of aliphatic hydroxyl groups is 2. The number of benzene rings is 3. The number of nitrogens with two attached hydrogens (primary N) is 1. The third-order valence-corrected chi connectivity index (χ3v) is 28.7. The second-order valence-electron chi connectivity index (χ2n) is 36.8. The average molecular weight is 1830 g/mol. The number of carbonyl (C=O) groups is 8. The van der Waals surface area contributed by atoms with Gasteiger partial charge in [-0.05, 0) is 151 Å². The number of hydrogen-bond acceptors (Lipinski definition) is 27. The molecule has 13 N–H and O–H groups in total. The van der Waals surface area contributed by atoms with Crippen LogP contribution in [0.4, 0.5) is 17.3 Å². The molecule has 3 aromatic heterocycles. The molecule has 34 nitrogen and oxygen atoms in total. The minimum Gasteiger partial charge on any atom is -0.480 e. The molecule has 10 heterocycles. The van der Waals surface area contributed by atoms with Crippen LogP contribution in [0.2, 0.25) is 0 Å². The van der Waals surface area contributed by atoms with Gasteiger partial charge in [-0.1, -0.05) is 98.4 Å². The van der Waals surface area contributed by atoms with Crippen LogP contribution in [0.15, 0.2) is 83.8 Å². The van der Waals surface area contributed by atoms with E-state index in [1.807, 2.05) is 69.5 Å². The molecule has 0 radical (unpaired) electrons. The van der Waals surface area contributed by atoms with E-state index in [1.165, 1.54) is 30.1 Å². The molecule has 1 spiro atoms. The highest BCUT2D eigenvalue weighted by Gasteiger charge is 2.67.